The van der Waals surface area contributed by atoms with Crippen LogP contribution in [-0.2, 0) is 4.79 Å². The van der Waals surface area contributed by atoms with Crippen LogP contribution in [0.4, 0.5) is 0 Å². The highest BCUT2D eigenvalue weighted by Crippen LogP contribution is 2.26. The smallest absolute Gasteiger partial charge is 0.238 e. The van der Waals surface area contributed by atoms with Crippen LogP contribution in [0, 0.1) is 5.92 Å². The summed E-state index contributed by atoms with van der Waals surface area (Å²) in [6.07, 6.45) is 2.99. The van der Waals surface area contributed by atoms with E-state index >= 15 is 0 Å². The second-order valence-electron chi connectivity index (χ2n) is 3.81. The van der Waals surface area contributed by atoms with Gasteiger partial charge in [-0.1, -0.05) is 0 Å². The second kappa shape index (κ2) is 3.84. The predicted octanol–water partition coefficient (Wildman–Crippen LogP) is 1.08. The molecule has 0 unspecified atom stereocenters. The maximum absolute atomic E-state index is 11.6. The van der Waals surface area contributed by atoms with Crippen molar-refractivity contribution < 1.29 is 4.79 Å². The van der Waals surface area contributed by atoms with Crippen molar-refractivity contribution in [2.24, 2.45) is 5.92 Å². The normalized spacial score (nSPS) is 32.2. The highest BCUT2D eigenvalue weighted by atomic mass is 35.5. The lowest BCUT2D eigenvalue weighted by Gasteiger charge is -2.47. The lowest BCUT2D eigenvalue weighted by molar-refractivity contribution is -0.165. The minimum atomic E-state index is 0.194. The average Bonchev–Trinajstić information content (AvgIpc) is 2.20. The molecule has 2 bridgehead atoms. The number of hydrogen-bond donors (Lipinski definition) is 0. The molecule has 0 aliphatic carbocycles. The maximum Gasteiger partial charge on any atom is 0.238 e. The largest absolute Gasteiger partial charge is 0.275 e. The summed E-state index contributed by atoms with van der Waals surface area (Å²) in [5.41, 5.74) is 0. The van der Waals surface area contributed by atoms with Crippen molar-refractivity contribution in [1.82, 2.24) is 10.0 Å². The molecule has 0 aromatic heterocycles. The quantitative estimate of drug-likeness (QED) is 0.626. The molecule has 3 rings (SSSR count). The zero-order chi connectivity index (χ0) is 9.26. The Kier molecular flexibility index (Phi) is 2.74. The van der Waals surface area contributed by atoms with Gasteiger partial charge in [0.2, 0.25) is 5.91 Å². The molecule has 0 aromatic rings. The van der Waals surface area contributed by atoms with Crippen molar-refractivity contribution in [3.8, 4) is 0 Å². The molecule has 0 aromatic carbocycles. The summed E-state index contributed by atoms with van der Waals surface area (Å²) in [7, 11) is 0. The zero-order valence-corrected chi connectivity index (χ0v) is 8.46. The van der Waals surface area contributed by atoms with Crippen molar-refractivity contribution in [3.63, 3.8) is 0 Å². The van der Waals surface area contributed by atoms with Gasteiger partial charge < -0.3 is 0 Å². The fraction of sp³-hybridized carbons (Fsp3) is 0.889. The molecule has 74 valence electrons. The first-order valence-electron chi connectivity index (χ1n) is 4.92. The molecule has 0 radical (unpaired) electrons. The van der Waals surface area contributed by atoms with Gasteiger partial charge in [0.25, 0.3) is 0 Å². The van der Waals surface area contributed by atoms with Gasteiger partial charge in [-0.2, -0.15) is 0 Å². The third-order valence-corrected chi connectivity index (χ3v) is 3.15. The minimum absolute atomic E-state index is 0.194. The van der Waals surface area contributed by atoms with Gasteiger partial charge in [0.05, 0.1) is 0 Å². The van der Waals surface area contributed by atoms with Crippen molar-refractivity contribution in [3.05, 3.63) is 0 Å². The number of halogens is 1. The van der Waals surface area contributed by atoms with Gasteiger partial charge in [-0.15, -0.1) is 11.6 Å². The molecule has 13 heavy (non-hydrogen) atoms. The monoisotopic (exact) mass is 202 g/mol. The molecule has 4 heteroatoms. The Balaban J connectivity index is 1.96. The molecular weight excluding hydrogens is 188 g/mol. The molecule has 1 amide bonds. The van der Waals surface area contributed by atoms with Crippen LogP contribution < -0.4 is 0 Å². The molecule has 3 aliphatic rings. The van der Waals surface area contributed by atoms with Crippen LogP contribution in [0.3, 0.4) is 0 Å². The molecule has 3 heterocycles. The lowest BCUT2D eigenvalue weighted by Crippen LogP contribution is -2.57. The van der Waals surface area contributed by atoms with Gasteiger partial charge in [0.15, 0.2) is 0 Å². The van der Waals surface area contributed by atoms with E-state index in [0.717, 1.165) is 25.6 Å². The van der Waals surface area contributed by atoms with Gasteiger partial charge in [0.1, 0.15) is 0 Å². The molecule has 0 atom stereocenters. The third-order valence-electron chi connectivity index (χ3n) is 2.96. The molecule has 0 spiro atoms. The number of piperidine rings is 1. The van der Waals surface area contributed by atoms with E-state index in [4.69, 9.17) is 11.6 Å². The number of hydrogen-bond acceptors (Lipinski definition) is 2. The van der Waals surface area contributed by atoms with E-state index in [1.54, 1.807) is 0 Å². The van der Waals surface area contributed by atoms with Crippen molar-refractivity contribution >= 4 is 17.5 Å². The summed E-state index contributed by atoms with van der Waals surface area (Å²) in [6.45, 7) is 3.03. The topological polar surface area (TPSA) is 23.6 Å². The average molecular weight is 203 g/mol. The SMILES string of the molecule is O=C(CCCl)N1CC2CCN1CC2. The van der Waals surface area contributed by atoms with Gasteiger partial charge in [0, 0.05) is 31.9 Å². The van der Waals surface area contributed by atoms with Crippen LogP contribution >= 0.6 is 11.6 Å². The van der Waals surface area contributed by atoms with E-state index in [2.05, 4.69) is 5.01 Å². The Labute approximate surface area is 83.6 Å². The summed E-state index contributed by atoms with van der Waals surface area (Å²) in [6, 6.07) is 0. The standard InChI is InChI=1S/C9H15ClN2O/c10-4-1-9(13)12-7-8-2-5-11(12)6-3-8/h8H,1-7H2. The number of alkyl halides is 1. The first-order valence-corrected chi connectivity index (χ1v) is 5.46. The van der Waals surface area contributed by atoms with Crippen molar-refractivity contribution in [1.29, 1.82) is 0 Å². The maximum atomic E-state index is 11.6. The number of nitrogens with zero attached hydrogens (tertiary/aromatic N) is 2. The molecule has 0 saturated carbocycles. The van der Waals surface area contributed by atoms with Crippen molar-refractivity contribution in [2.45, 2.75) is 19.3 Å². The third kappa shape index (κ3) is 1.81. The Morgan fingerprint density at radius 1 is 1.38 bits per heavy atom. The summed E-state index contributed by atoms with van der Waals surface area (Å²) in [4.78, 5) is 11.6. The second-order valence-corrected chi connectivity index (χ2v) is 4.19. The predicted molar refractivity (Wildman–Crippen MR) is 51.3 cm³/mol. The molecule has 3 nitrogen and oxygen atoms in total. The molecule has 3 saturated heterocycles. The van der Waals surface area contributed by atoms with Gasteiger partial charge in [-0.3, -0.25) is 9.80 Å². The van der Waals surface area contributed by atoms with E-state index in [-0.39, 0.29) is 5.91 Å². The summed E-state index contributed by atoms with van der Waals surface area (Å²) < 4.78 is 0. The Morgan fingerprint density at radius 2 is 2.08 bits per heavy atom. The number of amides is 1. The molecule has 0 N–H and O–H groups in total. The van der Waals surface area contributed by atoms with E-state index in [0.29, 0.717) is 12.3 Å². The molecule has 3 fully saturated rings. The summed E-state index contributed by atoms with van der Waals surface area (Å²) >= 11 is 5.55. The van der Waals surface area contributed by atoms with E-state index in [1.807, 2.05) is 5.01 Å². The Bertz CT molecular complexity index is 202. The fourth-order valence-corrected chi connectivity index (χ4v) is 2.33. The zero-order valence-electron chi connectivity index (χ0n) is 7.71. The van der Waals surface area contributed by atoms with Crippen LogP contribution in [0.2, 0.25) is 0 Å². The number of carbonyl (C=O) groups is 1. The lowest BCUT2D eigenvalue weighted by atomic mass is 9.94. The summed E-state index contributed by atoms with van der Waals surface area (Å²) in [5.74, 6) is 1.37. The van der Waals surface area contributed by atoms with Gasteiger partial charge in [-0.25, -0.2) is 5.01 Å². The number of hydrazine groups is 1. The van der Waals surface area contributed by atoms with E-state index < -0.39 is 0 Å². The van der Waals surface area contributed by atoms with E-state index in [9.17, 15) is 4.79 Å². The van der Waals surface area contributed by atoms with Gasteiger partial charge >= 0.3 is 0 Å². The highest BCUT2D eigenvalue weighted by Gasteiger charge is 2.34. The summed E-state index contributed by atoms with van der Waals surface area (Å²) in [5, 5.41) is 4.08. The van der Waals surface area contributed by atoms with Crippen LogP contribution in [0.25, 0.3) is 0 Å². The van der Waals surface area contributed by atoms with Crippen molar-refractivity contribution in [2.75, 3.05) is 25.5 Å². The van der Waals surface area contributed by atoms with Crippen LogP contribution in [0.1, 0.15) is 19.3 Å². The number of rotatable bonds is 2. The number of carbonyl (C=O) groups excluding carboxylic acids is 1. The van der Waals surface area contributed by atoms with E-state index in [1.165, 1.54) is 12.8 Å². The Morgan fingerprint density at radius 3 is 2.54 bits per heavy atom. The first-order chi connectivity index (χ1) is 6.31. The van der Waals surface area contributed by atoms with Crippen LogP contribution in [-0.4, -0.2) is 41.4 Å². The number of fused-ring (bicyclic) bond motifs is 3. The Hall–Kier alpha value is -0.280. The van der Waals surface area contributed by atoms with Crippen LogP contribution in [0.5, 0.6) is 0 Å². The van der Waals surface area contributed by atoms with Gasteiger partial charge in [-0.05, 0) is 18.8 Å². The molecular formula is C9H15ClN2O. The first kappa shape index (κ1) is 9.28. The molecule has 3 aliphatic heterocycles. The fourth-order valence-electron chi connectivity index (χ4n) is 2.17. The minimum Gasteiger partial charge on any atom is -0.275 e. The van der Waals surface area contributed by atoms with Crippen LogP contribution in [0.15, 0.2) is 0 Å². The highest BCUT2D eigenvalue weighted by molar-refractivity contribution is 6.18.